The molecule has 0 radical (unpaired) electrons. The second kappa shape index (κ2) is 6.34. The maximum Gasteiger partial charge on any atom is 0.279 e. The van der Waals surface area contributed by atoms with Gasteiger partial charge in [-0.3, -0.25) is 4.79 Å². The second-order valence-corrected chi connectivity index (χ2v) is 5.98. The lowest BCUT2D eigenvalue weighted by Gasteiger charge is -2.01. The molecule has 0 aliphatic carbocycles. The smallest absolute Gasteiger partial charge is 0.279 e. The van der Waals surface area contributed by atoms with Crippen LogP contribution >= 0.6 is 11.3 Å². The quantitative estimate of drug-likeness (QED) is 0.714. The Bertz CT molecular complexity index is 1040. The van der Waals surface area contributed by atoms with Crippen LogP contribution in [0.4, 0.5) is 8.78 Å². The van der Waals surface area contributed by atoms with E-state index in [0.29, 0.717) is 27.2 Å². The van der Waals surface area contributed by atoms with Crippen molar-refractivity contribution in [3.63, 3.8) is 0 Å². The number of carbonyl (C=O) groups is 1. The van der Waals surface area contributed by atoms with E-state index >= 15 is 0 Å². The number of benzene rings is 2. The molecule has 0 N–H and O–H groups in total. The topological polar surface area (TPSA) is 58.1 Å². The summed E-state index contributed by atoms with van der Waals surface area (Å²) in [5.41, 5.74) is 0.991. The average molecular weight is 343 g/mol. The van der Waals surface area contributed by atoms with E-state index in [9.17, 15) is 13.6 Å². The molecule has 0 saturated heterocycles. The molecule has 120 valence electrons. The molecule has 4 nitrogen and oxygen atoms in total. The van der Waals surface area contributed by atoms with Gasteiger partial charge in [0, 0.05) is 18.2 Å². The van der Waals surface area contributed by atoms with Gasteiger partial charge in [-0.25, -0.2) is 8.78 Å². The summed E-state index contributed by atoms with van der Waals surface area (Å²) in [6.45, 7) is 2.18. The molecule has 0 bridgehead atoms. The van der Waals surface area contributed by atoms with E-state index in [1.807, 2.05) is 6.07 Å². The molecule has 0 fully saturated rings. The Morgan fingerprint density at radius 2 is 2.00 bits per heavy atom. The van der Waals surface area contributed by atoms with Gasteiger partial charge in [0.05, 0.1) is 21.8 Å². The lowest BCUT2D eigenvalue weighted by Crippen LogP contribution is -2.16. The van der Waals surface area contributed by atoms with Crippen LogP contribution in [0, 0.1) is 23.0 Å². The minimum atomic E-state index is -0.685. The van der Waals surface area contributed by atoms with E-state index in [4.69, 9.17) is 5.26 Å². The lowest BCUT2D eigenvalue weighted by atomic mass is 10.1. The molecule has 7 heteroatoms. The van der Waals surface area contributed by atoms with Crippen LogP contribution in [0.25, 0.3) is 10.2 Å². The monoisotopic (exact) mass is 343 g/mol. The summed E-state index contributed by atoms with van der Waals surface area (Å²) in [6.07, 6.45) is 0. The Hall–Kier alpha value is -2.85. The molecule has 0 saturated carbocycles. The molecule has 1 heterocycles. The van der Waals surface area contributed by atoms with Gasteiger partial charge >= 0.3 is 0 Å². The van der Waals surface area contributed by atoms with Gasteiger partial charge in [0.25, 0.3) is 5.91 Å². The zero-order valence-corrected chi connectivity index (χ0v) is 13.4. The van der Waals surface area contributed by atoms with Crippen molar-refractivity contribution in [1.82, 2.24) is 4.57 Å². The van der Waals surface area contributed by atoms with Gasteiger partial charge in [0.1, 0.15) is 5.82 Å². The van der Waals surface area contributed by atoms with Gasteiger partial charge in [0.15, 0.2) is 10.6 Å². The van der Waals surface area contributed by atoms with Crippen LogP contribution in [-0.4, -0.2) is 10.5 Å². The Labute approximate surface area is 139 Å². The molecule has 1 aromatic heterocycles. The van der Waals surface area contributed by atoms with Crippen molar-refractivity contribution in [3.05, 3.63) is 64.0 Å². The normalized spacial score (nSPS) is 11.7. The Kier molecular flexibility index (Phi) is 4.23. The minimum absolute atomic E-state index is 0.232. The number of aryl methyl sites for hydroxylation is 1. The van der Waals surface area contributed by atoms with Crippen molar-refractivity contribution in [2.75, 3.05) is 0 Å². The van der Waals surface area contributed by atoms with Gasteiger partial charge < -0.3 is 4.57 Å². The molecule has 1 amide bonds. The van der Waals surface area contributed by atoms with Crippen molar-refractivity contribution in [2.24, 2.45) is 4.99 Å². The number of hydrogen-bond acceptors (Lipinski definition) is 3. The number of thiazole rings is 1. The molecule has 0 unspecified atom stereocenters. The summed E-state index contributed by atoms with van der Waals surface area (Å²) >= 11 is 1.05. The highest BCUT2D eigenvalue weighted by Crippen LogP contribution is 2.22. The van der Waals surface area contributed by atoms with Gasteiger partial charge in [0.2, 0.25) is 0 Å². The van der Waals surface area contributed by atoms with E-state index in [0.717, 1.165) is 17.4 Å². The number of nitriles is 1. The molecule has 0 aliphatic heterocycles. The third kappa shape index (κ3) is 2.84. The first-order valence-corrected chi connectivity index (χ1v) is 7.92. The highest BCUT2D eigenvalue weighted by Gasteiger charge is 2.13. The van der Waals surface area contributed by atoms with Crippen LogP contribution in [0.15, 0.2) is 41.4 Å². The lowest BCUT2D eigenvalue weighted by molar-refractivity contribution is 0.0998. The van der Waals surface area contributed by atoms with Gasteiger partial charge in [-0.15, -0.1) is 0 Å². The summed E-state index contributed by atoms with van der Waals surface area (Å²) < 4.78 is 29.3. The zero-order chi connectivity index (χ0) is 17.3. The number of nitrogens with zero attached hydrogens (tertiary/aromatic N) is 3. The minimum Gasteiger partial charge on any atom is -0.314 e. The van der Waals surface area contributed by atoms with Crippen LogP contribution in [0.5, 0.6) is 0 Å². The number of hydrogen-bond donors (Lipinski definition) is 0. The molecule has 3 aromatic rings. The Morgan fingerprint density at radius 3 is 2.62 bits per heavy atom. The molecular weight excluding hydrogens is 332 g/mol. The SMILES string of the molecule is CCn1c(=NC(=O)c2ccc(C#N)cc2)sc2cc(F)cc(F)c21. The number of carbonyl (C=O) groups excluding carboxylic acids is 1. The summed E-state index contributed by atoms with van der Waals surface area (Å²) in [5.74, 6) is -1.86. The van der Waals surface area contributed by atoms with Crippen molar-refractivity contribution in [1.29, 1.82) is 5.26 Å². The third-order valence-electron chi connectivity index (χ3n) is 3.47. The van der Waals surface area contributed by atoms with E-state index < -0.39 is 17.5 Å². The fourth-order valence-corrected chi connectivity index (χ4v) is 3.48. The highest BCUT2D eigenvalue weighted by molar-refractivity contribution is 7.16. The fraction of sp³-hybridized carbons (Fsp3) is 0.118. The summed E-state index contributed by atoms with van der Waals surface area (Å²) in [5, 5.41) is 8.77. The third-order valence-corrected chi connectivity index (χ3v) is 4.50. The van der Waals surface area contributed by atoms with E-state index in [1.54, 1.807) is 6.92 Å². The summed E-state index contributed by atoms with van der Waals surface area (Å²) in [4.78, 5) is 16.6. The van der Waals surface area contributed by atoms with Gasteiger partial charge in [-0.05, 0) is 37.3 Å². The predicted octanol–water partition coefficient (Wildman–Crippen LogP) is 3.61. The zero-order valence-electron chi connectivity index (χ0n) is 12.6. The number of halogens is 2. The molecular formula is C17H11F2N3OS. The summed E-state index contributed by atoms with van der Waals surface area (Å²) in [7, 11) is 0. The molecule has 0 atom stereocenters. The first-order valence-electron chi connectivity index (χ1n) is 7.11. The van der Waals surface area contributed by atoms with Crippen LogP contribution < -0.4 is 4.80 Å². The second-order valence-electron chi connectivity index (χ2n) is 4.97. The molecule has 24 heavy (non-hydrogen) atoms. The molecule has 0 spiro atoms. The van der Waals surface area contributed by atoms with E-state index in [1.165, 1.54) is 34.9 Å². The highest BCUT2D eigenvalue weighted by atomic mass is 32.1. The van der Waals surface area contributed by atoms with Crippen LogP contribution in [-0.2, 0) is 6.54 Å². The molecule has 3 rings (SSSR count). The largest absolute Gasteiger partial charge is 0.314 e. The van der Waals surface area contributed by atoms with Crippen LogP contribution in [0.3, 0.4) is 0 Å². The van der Waals surface area contributed by atoms with Gasteiger partial charge in [-0.2, -0.15) is 10.3 Å². The summed E-state index contributed by atoms with van der Waals surface area (Å²) in [6, 6.07) is 10.1. The number of rotatable bonds is 2. The molecule has 2 aromatic carbocycles. The van der Waals surface area contributed by atoms with E-state index in [-0.39, 0.29) is 5.52 Å². The fourth-order valence-electron chi connectivity index (χ4n) is 2.35. The van der Waals surface area contributed by atoms with Crippen molar-refractivity contribution in [3.8, 4) is 6.07 Å². The van der Waals surface area contributed by atoms with E-state index in [2.05, 4.69) is 4.99 Å². The van der Waals surface area contributed by atoms with Crippen LogP contribution in [0.2, 0.25) is 0 Å². The van der Waals surface area contributed by atoms with Crippen LogP contribution in [0.1, 0.15) is 22.8 Å². The van der Waals surface area contributed by atoms with Crippen molar-refractivity contribution in [2.45, 2.75) is 13.5 Å². The first-order chi connectivity index (χ1) is 11.5. The molecule has 0 aliphatic rings. The average Bonchev–Trinajstić information content (AvgIpc) is 2.92. The Balaban J connectivity index is 2.14. The maximum atomic E-state index is 14.0. The van der Waals surface area contributed by atoms with Crippen molar-refractivity contribution >= 4 is 27.5 Å². The first kappa shape index (κ1) is 16.0. The number of amides is 1. The van der Waals surface area contributed by atoms with Crippen molar-refractivity contribution < 1.29 is 13.6 Å². The Morgan fingerprint density at radius 1 is 1.29 bits per heavy atom. The number of fused-ring (bicyclic) bond motifs is 1. The predicted molar refractivity (Wildman–Crippen MR) is 86.5 cm³/mol. The number of aromatic nitrogens is 1. The maximum absolute atomic E-state index is 14.0. The van der Waals surface area contributed by atoms with Gasteiger partial charge in [-0.1, -0.05) is 11.3 Å². The standard InChI is InChI=1S/C17H11F2N3OS/c1-2-22-15-13(19)7-12(18)8-14(15)24-17(22)21-16(23)11-5-3-10(9-20)4-6-11/h3-8H,2H2,1H3.